The van der Waals surface area contributed by atoms with Crippen LogP contribution in [0.15, 0.2) is 12.3 Å². The second-order valence-electron chi connectivity index (χ2n) is 3.69. The lowest BCUT2D eigenvalue weighted by molar-refractivity contribution is 0.0953. The highest BCUT2D eigenvalue weighted by atomic mass is 35.5. The predicted octanol–water partition coefficient (Wildman–Crippen LogP) is 2.70. The van der Waals surface area contributed by atoms with E-state index >= 15 is 0 Å². The fraction of sp³-hybridized carbons (Fsp3) is 0.500. The van der Waals surface area contributed by atoms with E-state index in [9.17, 15) is 4.79 Å². The largest absolute Gasteiger partial charge is 0.369 e. The van der Waals surface area contributed by atoms with Crippen molar-refractivity contribution in [2.75, 3.05) is 18.4 Å². The number of amides is 1. The monoisotopic (exact) mass is 255 g/mol. The maximum Gasteiger partial charge on any atom is 0.252 e. The Morgan fingerprint density at radius 3 is 2.82 bits per heavy atom. The van der Waals surface area contributed by atoms with E-state index in [2.05, 4.69) is 22.5 Å². The number of anilines is 1. The molecule has 1 amide bonds. The maximum atomic E-state index is 11.7. The van der Waals surface area contributed by atoms with E-state index < -0.39 is 0 Å². The van der Waals surface area contributed by atoms with Crippen molar-refractivity contribution >= 4 is 23.3 Å². The molecular weight excluding hydrogens is 238 g/mol. The molecule has 94 valence electrons. The number of nitrogens with one attached hydrogen (secondary N) is 2. The molecule has 1 aromatic rings. The number of aromatic nitrogens is 1. The fourth-order valence-electron chi connectivity index (χ4n) is 1.34. The highest BCUT2D eigenvalue weighted by molar-refractivity contribution is 6.33. The summed E-state index contributed by atoms with van der Waals surface area (Å²) in [6, 6.07) is 1.63. The smallest absolute Gasteiger partial charge is 0.252 e. The molecule has 0 aliphatic rings. The van der Waals surface area contributed by atoms with Crippen LogP contribution in [0.5, 0.6) is 0 Å². The van der Waals surface area contributed by atoms with Gasteiger partial charge in [0, 0.05) is 19.3 Å². The quantitative estimate of drug-likeness (QED) is 0.769. The van der Waals surface area contributed by atoms with Gasteiger partial charge in [0.05, 0.1) is 10.6 Å². The van der Waals surface area contributed by atoms with Gasteiger partial charge in [0.15, 0.2) is 0 Å². The van der Waals surface area contributed by atoms with Gasteiger partial charge in [-0.2, -0.15) is 0 Å². The molecule has 0 spiro atoms. The lowest BCUT2D eigenvalue weighted by Crippen LogP contribution is -2.24. The summed E-state index contributed by atoms with van der Waals surface area (Å²) in [5.41, 5.74) is 0.493. The van der Waals surface area contributed by atoms with Crippen LogP contribution in [0.25, 0.3) is 0 Å². The van der Waals surface area contributed by atoms with Crippen LogP contribution in [-0.2, 0) is 0 Å². The predicted molar refractivity (Wildman–Crippen MR) is 70.7 cm³/mol. The molecule has 17 heavy (non-hydrogen) atoms. The molecule has 0 aromatic carbocycles. The van der Waals surface area contributed by atoms with Crippen molar-refractivity contribution in [1.29, 1.82) is 0 Å². The number of carbonyl (C=O) groups is 1. The fourth-order valence-corrected chi connectivity index (χ4v) is 1.57. The van der Waals surface area contributed by atoms with Gasteiger partial charge in [-0.1, -0.05) is 24.9 Å². The summed E-state index contributed by atoms with van der Waals surface area (Å²) in [6.45, 7) is 5.47. The van der Waals surface area contributed by atoms with Gasteiger partial charge in [0.25, 0.3) is 5.91 Å². The second-order valence-corrected chi connectivity index (χ2v) is 4.10. The topological polar surface area (TPSA) is 54.0 Å². The number of halogens is 1. The number of rotatable bonds is 6. The third-order valence-electron chi connectivity index (χ3n) is 2.26. The van der Waals surface area contributed by atoms with Crippen LogP contribution < -0.4 is 10.6 Å². The molecule has 1 rings (SSSR count). The molecule has 0 saturated carbocycles. The Morgan fingerprint density at radius 2 is 2.24 bits per heavy atom. The minimum Gasteiger partial charge on any atom is -0.369 e. The van der Waals surface area contributed by atoms with E-state index in [1.807, 2.05) is 6.92 Å². The first-order valence-corrected chi connectivity index (χ1v) is 6.24. The second kappa shape index (κ2) is 7.12. The lowest BCUT2D eigenvalue weighted by Gasteiger charge is -2.07. The number of carbonyl (C=O) groups excluding carboxylic acids is 1. The molecule has 0 unspecified atom stereocenters. The molecule has 0 saturated heterocycles. The molecule has 0 aliphatic heterocycles. The number of pyridine rings is 1. The van der Waals surface area contributed by atoms with Gasteiger partial charge >= 0.3 is 0 Å². The van der Waals surface area contributed by atoms with E-state index in [4.69, 9.17) is 11.6 Å². The zero-order valence-electron chi connectivity index (χ0n) is 10.2. The maximum absolute atomic E-state index is 11.7. The first-order valence-electron chi connectivity index (χ1n) is 5.86. The molecule has 0 fully saturated rings. The molecule has 1 aromatic heterocycles. The van der Waals surface area contributed by atoms with Gasteiger partial charge in [-0.15, -0.1) is 0 Å². The molecule has 0 radical (unpaired) electrons. The standard InChI is InChI=1S/C12H18ClN3O/c1-3-5-6-15-12(17)9-7-10(13)11(14-4-2)16-8-9/h7-8H,3-6H2,1-2H3,(H,14,16)(H,15,17). The summed E-state index contributed by atoms with van der Waals surface area (Å²) in [4.78, 5) is 15.8. The van der Waals surface area contributed by atoms with Crippen LogP contribution >= 0.6 is 11.6 Å². The Bertz CT molecular complexity index is 382. The summed E-state index contributed by atoms with van der Waals surface area (Å²) < 4.78 is 0. The molecule has 0 bridgehead atoms. The van der Waals surface area contributed by atoms with Crippen LogP contribution in [0.2, 0.25) is 5.02 Å². The van der Waals surface area contributed by atoms with Crippen LogP contribution in [0.1, 0.15) is 37.0 Å². The highest BCUT2D eigenvalue weighted by Crippen LogP contribution is 2.19. The van der Waals surface area contributed by atoms with Gasteiger partial charge in [-0.3, -0.25) is 4.79 Å². The van der Waals surface area contributed by atoms with Crippen molar-refractivity contribution in [3.05, 3.63) is 22.8 Å². The van der Waals surface area contributed by atoms with Gasteiger partial charge in [-0.25, -0.2) is 4.98 Å². The van der Waals surface area contributed by atoms with Crippen molar-refractivity contribution in [2.24, 2.45) is 0 Å². The summed E-state index contributed by atoms with van der Waals surface area (Å²) >= 11 is 6.01. The molecule has 2 N–H and O–H groups in total. The van der Waals surface area contributed by atoms with Gasteiger partial charge in [-0.05, 0) is 19.4 Å². The van der Waals surface area contributed by atoms with Crippen LogP contribution in [0.3, 0.4) is 0 Å². The summed E-state index contributed by atoms with van der Waals surface area (Å²) in [6.07, 6.45) is 3.56. The van der Waals surface area contributed by atoms with E-state index in [1.54, 1.807) is 6.07 Å². The minimum atomic E-state index is -0.129. The van der Waals surface area contributed by atoms with Gasteiger partial charge in [0.2, 0.25) is 0 Å². The molecule has 0 aliphatic carbocycles. The average Bonchev–Trinajstić information content (AvgIpc) is 2.32. The highest BCUT2D eigenvalue weighted by Gasteiger charge is 2.08. The van der Waals surface area contributed by atoms with E-state index in [1.165, 1.54) is 6.20 Å². The summed E-state index contributed by atoms with van der Waals surface area (Å²) in [7, 11) is 0. The molecule has 4 nitrogen and oxygen atoms in total. The molecule has 0 atom stereocenters. The third-order valence-corrected chi connectivity index (χ3v) is 2.55. The van der Waals surface area contributed by atoms with E-state index in [0.717, 1.165) is 19.4 Å². The van der Waals surface area contributed by atoms with Crippen molar-refractivity contribution < 1.29 is 4.79 Å². The van der Waals surface area contributed by atoms with E-state index in [-0.39, 0.29) is 5.91 Å². The Morgan fingerprint density at radius 1 is 1.47 bits per heavy atom. The summed E-state index contributed by atoms with van der Waals surface area (Å²) in [5.74, 6) is 0.482. The normalized spacial score (nSPS) is 10.1. The first kappa shape index (κ1) is 13.8. The van der Waals surface area contributed by atoms with Crippen LogP contribution in [0, 0.1) is 0 Å². The number of hydrogen-bond acceptors (Lipinski definition) is 3. The Balaban J connectivity index is 2.65. The SMILES string of the molecule is CCCCNC(=O)c1cnc(NCC)c(Cl)c1. The average molecular weight is 256 g/mol. The molecule has 5 heteroatoms. The van der Waals surface area contributed by atoms with Crippen LogP contribution in [-0.4, -0.2) is 24.0 Å². The summed E-state index contributed by atoms with van der Waals surface area (Å²) in [5, 5.41) is 6.31. The van der Waals surface area contributed by atoms with Crippen molar-refractivity contribution in [2.45, 2.75) is 26.7 Å². The number of hydrogen-bond donors (Lipinski definition) is 2. The van der Waals surface area contributed by atoms with Crippen molar-refractivity contribution in [3.63, 3.8) is 0 Å². The first-order chi connectivity index (χ1) is 8.19. The Labute approximate surface area is 107 Å². The van der Waals surface area contributed by atoms with Crippen molar-refractivity contribution in [1.82, 2.24) is 10.3 Å². The Hall–Kier alpha value is -1.29. The Kier molecular flexibility index (Phi) is 5.77. The number of nitrogens with zero attached hydrogens (tertiary/aromatic N) is 1. The van der Waals surface area contributed by atoms with Gasteiger partial charge < -0.3 is 10.6 Å². The van der Waals surface area contributed by atoms with E-state index in [0.29, 0.717) is 22.9 Å². The zero-order valence-corrected chi connectivity index (χ0v) is 11.0. The van der Waals surface area contributed by atoms with Gasteiger partial charge in [0.1, 0.15) is 5.82 Å². The van der Waals surface area contributed by atoms with Crippen molar-refractivity contribution in [3.8, 4) is 0 Å². The molecule has 1 heterocycles. The third kappa shape index (κ3) is 4.23. The zero-order chi connectivity index (χ0) is 12.7. The minimum absolute atomic E-state index is 0.129. The number of unbranched alkanes of at least 4 members (excludes halogenated alkanes) is 1. The molecular formula is C12H18ClN3O. The lowest BCUT2D eigenvalue weighted by atomic mass is 10.2. The van der Waals surface area contributed by atoms with Crippen LogP contribution in [0.4, 0.5) is 5.82 Å².